The molecule has 1 aromatic rings. The molecule has 136 valence electrons. The van der Waals surface area contributed by atoms with Crippen molar-refractivity contribution in [2.75, 3.05) is 0 Å². The second-order valence-corrected chi connectivity index (χ2v) is 7.92. The zero-order valence-corrected chi connectivity index (χ0v) is 14.8. The van der Waals surface area contributed by atoms with Crippen LogP contribution in [0.25, 0.3) is 0 Å². The highest BCUT2D eigenvalue weighted by atomic mass is 16.8. The number of carboxylic acids is 1. The van der Waals surface area contributed by atoms with Crippen LogP contribution in [0.5, 0.6) is 0 Å². The molecule has 1 aliphatic carbocycles. The lowest BCUT2D eigenvalue weighted by Crippen LogP contribution is -2.30. The number of hydrogen-bond acceptors (Lipinski definition) is 4. The van der Waals surface area contributed by atoms with Gasteiger partial charge in [0.15, 0.2) is 12.1 Å². The first-order valence-electron chi connectivity index (χ1n) is 9.28. The van der Waals surface area contributed by atoms with E-state index in [0.29, 0.717) is 11.5 Å². The van der Waals surface area contributed by atoms with Gasteiger partial charge in [-0.05, 0) is 44.2 Å². The van der Waals surface area contributed by atoms with Crippen molar-refractivity contribution in [2.24, 2.45) is 5.92 Å². The second-order valence-electron chi connectivity index (χ2n) is 7.92. The van der Waals surface area contributed by atoms with Gasteiger partial charge in [0.05, 0.1) is 11.7 Å². The highest BCUT2D eigenvalue weighted by molar-refractivity contribution is 5.89. The van der Waals surface area contributed by atoms with Crippen molar-refractivity contribution in [3.05, 3.63) is 35.4 Å². The Kier molecular flexibility index (Phi) is 4.34. The van der Waals surface area contributed by atoms with E-state index in [0.717, 1.165) is 24.8 Å². The maximum atomic E-state index is 11.7. The predicted molar refractivity (Wildman–Crippen MR) is 91.4 cm³/mol. The van der Waals surface area contributed by atoms with Gasteiger partial charge >= 0.3 is 5.97 Å². The molecule has 2 saturated heterocycles. The minimum absolute atomic E-state index is 0.0605. The van der Waals surface area contributed by atoms with Crippen LogP contribution in [-0.4, -0.2) is 35.4 Å². The molecule has 2 heterocycles. The van der Waals surface area contributed by atoms with Gasteiger partial charge in [-0.15, -0.1) is 0 Å². The largest absolute Gasteiger partial charge is 0.478 e. The number of benzene rings is 1. The fraction of sp³-hybridized carbons (Fsp3) is 0.650. The first-order valence-corrected chi connectivity index (χ1v) is 9.28. The lowest BCUT2D eigenvalue weighted by atomic mass is 9.78. The zero-order valence-electron chi connectivity index (χ0n) is 14.8. The van der Waals surface area contributed by atoms with Crippen molar-refractivity contribution >= 4 is 5.97 Å². The molecule has 0 radical (unpaired) electrons. The molecule has 1 saturated carbocycles. The van der Waals surface area contributed by atoms with Crippen LogP contribution in [0.15, 0.2) is 24.3 Å². The van der Waals surface area contributed by atoms with E-state index in [4.69, 9.17) is 14.2 Å². The number of carbonyl (C=O) groups is 1. The molecule has 4 rings (SSSR count). The van der Waals surface area contributed by atoms with Crippen LogP contribution >= 0.6 is 0 Å². The highest BCUT2D eigenvalue weighted by Crippen LogP contribution is 2.47. The second kappa shape index (κ2) is 6.38. The summed E-state index contributed by atoms with van der Waals surface area (Å²) < 4.78 is 18.1. The van der Waals surface area contributed by atoms with E-state index in [1.807, 2.05) is 26.0 Å². The molecular formula is C20H26O5. The van der Waals surface area contributed by atoms with Gasteiger partial charge in [0.25, 0.3) is 0 Å². The summed E-state index contributed by atoms with van der Waals surface area (Å²) in [4.78, 5) is 11.7. The molecule has 2 aliphatic heterocycles. The summed E-state index contributed by atoms with van der Waals surface area (Å²) in [6, 6.07) is 7.37. The molecule has 1 N–H and O–H groups in total. The van der Waals surface area contributed by atoms with E-state index in [2.05, 4.69) is 0 Å². The Morgan fingerprint density at radius 1 is 1.20 bits per heavy atom. The van der Waals surface area contributed by atoms with Crippen molar-refractivity contribution in [3.8, 4) is 0 Å². The van der Waals surface area contributed by atoms with Gasteiger partial charge in [-0.25, -0.2) is 4.79 Å². The van der Waals surface area contributed by atoms with Crippen LogP contribution in [0.2, 0.25) is 0 Å². The highest BCUT2D eigenvalue weighted by Gasteiger charge is 2.51. The molecule has 3 aliphatic rings. The standard InChI is InChI=1S/C20H26O5/c1-20(2)24-16-11-15(23-19(16)25-20)17(12-7-3-4-8-12)13-9-5-6-10-14(13)18(21)22/h5-6,9-10,12,15-17,19H,3-4,7-8,11H2,1-2H3,(H,21,22)/t15-,16+,17?,19+/m0/s1. The summed E-state index contributed by atoms with van der Waals surface area (Å²) >= 11 is 0. The number of fused-ring (bicyclic) bond motifs is 1. The number of rotatable bonds is 4. The third-order valence-corrected chi connectivity index (χ3v) is 5.77. The summed E-state index contributed by atoms with van der Waals surface area (Å²) in [5.74, 6) is -0.944. The van der Waals surface area contributed by atoms with Crippen LogP contribution in [0, 0.1) is 5.92 Å². The van der Waals surface area contributed by atoms with Gasteiger partial charge in [0.2, 0.25) is 0 Å². The Bertz CT molecular complexity index is 633. The van der Waals surface area contributed by atoms with E-state index in [-0.39, 0.29) is 24.4 Å². The number of aromatic carboxylic acids is 1. The molecule has 25 heavy (non-hydrogen) atoms. The van der Waals surface area contributed by atoms with E-state index in [1.165, 1.54) is 12.8 Å². The minimum atomic E-state index is -0.870. The molecule has 0 aromatic heterocycles. The summed E-state index contributed by atoms with van der Waals surface area (Å²) in [5, 5.41) is 9.64. The van der Waals surface area contributed by atoms with Crippen molar-refractivity contribution in [3.63, 3.8) is 0 Å². The molecule has 1 unspecified atom stereocenters. The summed E-state index contributed by atoms with van der Waals surface area (Å²) in [6.45, 7) is 3.80. The minimum Gasteiger partial charge on any atom is -0.478 e. The topological polar surface area (TPSA) is 65.0 Å². The smallest absolute Gasteiger partial charge is 0.335 e. The summed E-state index contributed by atoms with van der Waals surface area (Å²) in [6.07, 6.45) is 4.94. The summed E-state index contributed by atoms with van der Waals surface area (Å²) in [5.41, 5.74) is 1.29. The van der Waals surface area contributed by atoms with Gasteiger partial charge in [0.1, 0.15) is 6.10 Å². The fourth-order valence-electron chi connectivity index (χ4n) is 4.82. The zero-order chi connectivity index (χ0) is 17.6. The van der Waals surface area contributed by atoms with Crippen LogP contribution in [0.4, 0.5) is 0 Å². The third-order valence-electron chi connectivity index (χ3n) is 5.77. The lowest BCUT2D eigenvalue weighted by molar-refractivity contribution is -0.208. The first-order chi connectivity index (χ1) is 11.9. The van der Waals surface area contributed by atoms with Crippen LogP contribution in [0.1, 0.15) is 67.8 Å². The molecule has 4 atom stereocenters. The molecule has 1 aromatic carbocycles. The Labute approximate surface area is 148 Å². The lowest BCUT2D eigenvalue weighted by Gasteiger charge is -2.31. The monoisotopic (exact) mass is 346 g/mol. The van der Waals surface area contributed by atoms with Crippen molar-refractivity contribution in [1.82, 2.24) is 0 Å². The average molecular weight is 346 g/mol. The molecule has 5 nitrogen and oxygen atoms in total. The van der Waals surface area contributed by atoms with E-state index in [1.54, 1.807) is 12.1 Å². The Hall–Kier alpha value is -1.43. The Balaban J connectivity index is 1.64. The Morgan fingerprint density at radius 3 is 2.60 bits per heavy atom. The van der Waals surface area contributed by atoms with Gasteiger partial charge < -0.3 is 19.3 Å². The molecule has 3 fully saturated rings. The average Bonchev–Trinajstić information content (AvgIpc) is 3.23. The Morgan fingerprint density at radius 2 is 1.92 bits per heavy atom. The fourth-order valence-corrected chi connectivity index (χ4v) is 4.82. The molecule has 0 bridgehead atoms. The van der Waals surface area contributed by atoms with Crippen LogP contribution in [0.3, 0.4) is 0 Å². The van der Waals surface area contributed by atoms with Gasteiger partial charge in [-0.2, -0.15) is 0 Å². The van der Waals surface area contributed by atoms with Gasteiger partial charge in [0, 0.05) is 12.3 Å². The summed E-state index contributed by atoms with van der Waals surface area (Å²) in [7, 11) is 0. The van der Waals surface area contributed by atoms with E-state index in [9.17, 15) is 9.90 Å². The van der Waals surface area contributed by atoms with Crippen LogP contribution < -0.4 is 0 Å². The van der Waals surface area contributed by atoms with Crippen molar-refractivity contribution in [2.45, 2.75) is 76.2 Å². The molecule has 0 amide bonds. The number of carboxylic acid groups (broad SMARTS) is 1. The third kappa shape index (κ3) is 3.21. The molecular weight excluding hydrogens is 320 g/mol. The van der Waals surface area contributed by atoms with Gasteiger partial charge in [-0.3, -0.25) is 0 Å². The van der Waals surface area contributed by atoms with Crippen molar-refractivity contribution in [1.29, 1.82) is 0 Å². The van der Waals surface area contributed by atoms with Crippen molar-refractivity contribution < 1.29 is 24.1 Å². The predicted octanol–water partition coefficient (Wildman–Crippen LogP) is 3.93. The molecule has 5 heteroatoms. The van der Waals surface area contributed by atoms with E-state index >= 15 is 0 Å². The maximum absolute atomic E-state index is 11.7. The SMILES string of the molecule is CC1(C)O[C@H]2O[C@H](C(c3ccccc3C(=O)O)C3CCCC3)C[C@H]2O1. The molecule has 0 spiro atoms. The number of ether oxygens (including phenoxy) is 3. The quantitative estimate of drug-likeness (QED) is 0.895. The number of hydrogen-bond donors (Lipinski definition) is 1. The normalized spacial score (nSPS) is 32.6. The van der Waals surface area contributed by atoms with E-state index < -0.39 is 11.8 Å². The first kappa shape index (κ1) is 17.0. The van der Waals surface area contributed by atoms with Gasteiger partial charge in [-0.1, -0.05) is 31.0 Å². The van der Waals surface area contributed by atoms with Crippen LogP contribution in [-0.2, 0) is 14.2 Å². The maximum Gasteiger partial charge on any atom is 0.335 e.